The summed E-state index contributed by atoms with van der Waals surface area (Å²) in [6.07, 6.45) is 0. The van der Waals surface area contributed by atoms with Crippen LogP contribution in [0.15, 0.2) is 167 Å². The third-order valence-corrected chi connectivity index (χ3v) is 9.56. The Hall–Kier alpha value is -7.36. The third-order valence-electron chi connectivity index (χ3n) is 9.56. The molecule has 3 heterocycles. The van der Waals surface area contributed by atoms with Crippen molar-refractivity contribution in [3.8, 4) is 62.5 Å². The van der Waals surface area contributed by atoms with E-state index in [1.54, 1.807) is 6.07 Å². The van der Waals surface area contributed by atoms with Gasteiger partial charge in [-0.05, 0) is 76.9 Å². The fraction of sp³-hybridized carbons (Fsp3) is 0. The van der Waals surface area contributed by atoms with Gasteiger partial charge < -0.3 is 8.83 Å². The molecule has 3 aromatic heterocycles. The van der Waals surface area contributed by atoms with E-state index in [0.29, 0.717) is 23.0 Å². The van der Waals surface area contributed by atoms with Crippen LogP contribution in [0.3, 0.4) is 0 Å². The minimum absolute atomic E-state index is 0.521. The summed E-state index contributed by atoms with van der Waals surface area (Å²) in [5.41, 5.74) is 10.4. The van der Waals surface area contributed by atoms with Crippen molar-refractivity contribution in [2.75, 3.05) is 0 Å². The highest BCUT2D eigenvalue weighted by Gasteiger charge is 2.18. The lowest BCUT2D eigenvalue weighted by Crippen LogP contribution is -2.00. The molecule has 6 heteroatoms. The van der Waals surface area contributed by atoms with Gasteiger partial charge in [0.1, 0.15) is 22.3 Å². The van der Waals surface area contributed by atoms with Gasteiger partial charge in [0, 0.05) is 38.2 Å². The monoisotopic (exact) mass is 666 g/mol. The molecule has 0 bridgehead atoms. The van der Waals surface area contributed by atoms with E-state index in [9.17, 15) is 5.26 Å². The predicted molar refractivity (Wildman–Crippen MR) is 206 cm³/mol. The van der Waals surface area contributed by atoms with E-state index >= 15 is 0 Å². The van der Waals surface area contributed by atoms with Crippen LogP contribution in [0.5, 0.6) is 0 Å². The lowest BCUT2D eigenvalue weighted by atomic mass is 9.99. The molecule has 10 rings (SSSR count). The standard InChI is InChI=1S/C46H26N4O2/c47-27-28-9-6-12-30(23-28)31-13-7-14-32(24-31)44-48-45(33-19-21-37-36-15-4-5-17-39(36)51-41(37)25-33)50-46(49-44)34-20-22-38-42(26-34)52-40-18-8-16-35(43(38)40)29-10-2-1-3-11-29/h1-26H. The zero-order chi connectivity index (χ0) is 34.6. The maximum atomic E-state index is 9.51. The molecule has 0 N–H and O–H groups in total. The molecule has 52 heavy (non-hydrogen) atoms. The second-order valence-corrected chi connectivity index (χ2v) is 12.7. The average molecular weight is 667 g/mol. The van der Waals surface area contributed by atoms with Gasteiger partial charge >= 0.3 is 0 Å². The van der Waals surface area contributed by atoms with Crippen LogP contribution < -0.4 is 0 Å². The van der Waals surface area contributed by atoms with Gasteiger partial charge in [0.05, 0.1) is 11.6 Å². The normalized spacial score (nSPS) is 11.4. The smallest absolute Gasteiger partial charge is 0.164 e. The number of para-hydroxylation sites is 1. The number of furan rings is 2. The Balaban J connectivity index is 1.15. The largest absolute Gasteiger partial charge is 0.456 e. The highest BCUT2D eigenvalue weighted by Crippen LogP contribution is 2.39. The summed E-state index contributed by atoms with van der Waals surface area (Å²) in [4.78, 5) is 15.1. The topological polar surface area (TPSA) is 88.7 Å². The van der Waals surface area contributed by atoms with Crippen LogP contribution in [0.25, 0.3) is 100 Å². The van der Waals surface area contributed by atoms with Crippen LogP contribution >= 0.6 is 0 Å². The maximum Gasteiger partial charge on any atom is 0.164 e. The first-order valence-corrected chi connectivity index (χ1v) is 17.0. The molecule has 0 amide bonds. The quantitative estimate of drug-likeness (QED) is 0.182. The summed E-state index contributed by atoms with van der Waals surface area (Å²) >= 11 is 0. The highest BCUT2D eigenvalue weighted by molar-refractivity contribution is 6.13. The van der Waals surface area contributed by atoms with Crippen molar-refractivity contribution in [2.45, 2.75) is 0 Å². The zero-order valence-electron chi connectivity index (χ0n) is 27.6. The molecule has 242 valence electrons. The van der Waals surface area contributed by atoms with E-state index in [4.69, 9.17) is 23.8 Å². The molecule has 0 aliphatic rings. The van der Waals surface area contributed by atoms with Crippen molar-refractivity contribution >= 4 is 43.9 Å². The molecule has 0 fully saturated rings. The van der Waals surface area contributed by atoms with Crippen molar-refractivity contribution in [2.24, 2.45) is 0 Å². The molecule has 0 unspecified atom stereocenters. The molecule has 0 saturated carbocycles. The molecule has 0 saturated heterocycles. The van der Waals surface area contributed by atoms with Gasteiger partial charge in [-0.2, -0.15) is 5.26 Å². The van der Waals surface area contributed by atoms with E-state index in [2.05, 4.69) is 60.7 Å². The number of hydrogen-bond donors (Lipinski definition) is 0. The zero-order valence-corrected chi connectivity index (χ0v) is 27.6. The second kappa shape index (κ2) is 11.9. The number of rotatable bonds is 5. The first-order chi connectivity index (χ1) is 25.7. The van der Waals surface area contributed by atoms with Gasteiger partial charge in [0.2, 0.25) is 0 Å². The van der Waals surface area contributed by atoms with Crippen molar-refractivity contribution in [3.63, 3.8) is 0 Å². The van der Waals surface area contributed by atoms with Crippen LogP contribution in [-0.2, 0) is 0 Å². The number of nitriles is 1. The minimum Gasteiger partial charge on any atom is -0.456 e. The van der Waals surface area contributed by atoms with Crippen molar-refractivity contribution in [1.82, 2.24) is 15.0 Å². The Labute approximate surface area is 297 Å². The highest BCUT2D eigenvalue weighted by atomic mass is 16.3. The van der Waals surface area contributed by atoms with E-state index < -0.39 is 0 Å². The van der Waals surface area contributed by atoms with Gasteiger partial charge in [-0.15, -0.1) is 0 Å². The Kier molecular flexibility index (Phi) is 6.76. The Morgan fingerprint density at radius 1 is 0.385 bits per heavy atom. The van der Waals surface area contributed by atoms with Gasteiger partial charge in [0.15, 0.2) is 17.5 Å². The van der Waals surface area contributed by atoms with E-state index in [1.165, 1.54) is 0 Å². The number of nitrogens with zero attached hydrogens (tertiary/aromatic N) is 4. The fourth-order valence-corrected chi connectivity index (χ4v) is 7.06. The van der Waals surface area contributed by atoms with Gasteiger partial charge in [0.25, 0.3) is 0 Å². The van der Waals surface area contributed by atoms with E-state index in [1.807, 2.05) is 97.1 Å². The maximum absolute atomic E-state index is 9.51. The van der Waals surface area contributed by atoms with Crippen LogP contribution in [-0.4, -0.2) is 15.0 Å². The van der Waals surface area contributed by atoms with Crippen molar-refractivity contribution in [3.05, 3.63) is 163 Å². The molecule has 6 nitrogen and oxygen atoms in total. The van der Waals surface area contributed by atoms with Gasteiger partial charge in [-0.3, -0.25) is 0 Å². The fourth-order valence-electron chi connectivity index (χ4n) is 7.06. The first kappa shape index (κ1) is 29.5. The molecule has 7 aromatic carbocycles. The molecular formula is C46H26N4O2. The van der Waals surface area contributed by atoms with Crippen molar-refractivity contribution < 1.29 is 8.83 Å². The molecule has 0 aliphatic carbocycles. The van der Waals surface area contributed by atoms with Crippen LogP contribution in [0.2, 0.25) is 0 Å². The third kappa shape index (κ3) is 5.00. The molecule has 0 atom stereocenters. The van der Waals surface area contributed by atoms with E-state index in [0.717, 1.165) is 82.8 Å². The van der Waals surface area contributed by atoms with Gasteiger partial charge in [-0.25, -0.2) is 15.0 Å². The Morgan fingerprint density at radius 3 is 1.69 bits per heavy atom. The average Bonchev–Trinajstić information content (AvgIpc) is 3.79. The lowest BCUT2D eigenvalue weighted by Gasteiger charge is -2.10. The minimum atomic E-state index is 0.521. The number of fused-ring (bicyclic) bond motifs is 6. The SMILES string of the molecule is N#Cc1cccc(-c2cccc(-c3nc(-c4ccc5c(c4)oc4ccccc45)nc(-c4ccc5c(c4)oc4cccc(-c6ccccc6)c45)n3)c2)c1. The molecule has 0 radical (unpaired) electrons. The van der Waals surface area contributed by atoms with Crippen LogP contribution in [0.4, 0.5) is 0 Å². The summed E-state index contributed by atoms with van der Waals surface area (Å²) in [6.45, 7) is 0. The Bertz CT molecular complexity index is 3040. The molecule has 0 spiro atoms. The summed E-state index contributed by atoms with van der Waals surface area (Å²) in [5.74, 6) is 1.57. The Morgan fingerprint density at radius 2 is 0.923 bits per heavy atom. The summed E-state index contributed by atoms with van der Waals surface area (Å²) in [6, 6.07) is 54.7. The van der Waals surface area contributed by atoms with Gasteiger partial charge in [-0.1, -0.05) is 103 Å². The summed E-state index contributed by atoms with van der Waals surface area (Å²) in [5, 5.41) is 13.7. The van der Waals surface area contributed by atoms with Crippen LogP contribution in [0.1, 0.15) is 5.56 Å². The lowest BCUT2D eigenvalue weighted by molar-refractivity contribution is 0.668. The molecule has 0 aliphatic heterocycles. The predicted octanol–water partition coefficient (Wildman–Crippen LogP) is 11.9. The van der Waals surface area contributed by atoms with Crippen LogP contribution in [0, 0.1) is 11.3 Å². The number of aromatic nitrogens is 3. The molecule has 10 aromatic rings. The summed E-state index contributed by atoms with van der Waals surface area (Å²) in [7, 11) is 0. The first-order valence-electron chi connectivity index (χ1n) is 17.0. The van der Waals surface area contributed by atoms with E-state index in [-0.39, 0.29) is 0 Å². The summed E-state index contributed by atoms with van der Waals surface area (Å²) < 4.78 is 12.7. The second-order valence-electron chi connectivity index (χ2n) is 12.7. The number of benzene rings is 7. The molecular weight excluding hydrogens is 641 g/mol. The number of hydrogen-bond acceptors (Lipinski definition) is 6. The van der Waals surface area contributed by atoms with Crippen molar-refractivity contribution in [1.29, 1.82) is 5.26 Å².